The van der Waals surface area contributed by atoms with Gasteiger partial charge in [0.1, 0.15) is 6.61 Å². The largest absolute Gasteiger partial charge is 0.490 e. The highest BCUT2D eigenvalue weighted by Crippen LogP contribution is 2.36. The summed E-state index contributed by atoms with van der Waals surface area (Å²) in [7, 11) is 0. The van der Waals surface area contributed by atoms with Gasteiger partial charge in [-0.2, -0.15) is 0 Å². The number of hydrogen-bond donors (Lipinski definition) is 1. The minimum absolute atomic E-state index is 0.0894. The summed E-state index contributed by atoms with van der Waals surface area (Å²) in [6.07, 6.45) is 3.38. The summed E-state index contributed by atoms with van der Waals surface area (Å²) >= 11 is 0. The van der Waals surface area contributed by atoms with Crippen molar-refractivity contribution in [2.45, 2.75) is 19.8 Å². The van der Waals surface area contributed by atoms with Crippen molar-refractivity contribution in [2.75, 3.05) is 26.3 Å². The number of benzene rings is 1. The van der Waals surface area contributed by atoms with Gasteiger partial charge in [-0.25, -0.2) is 0 Å². The third kappa shape index (κ3) is 3.22. The second-order valence-electron chi connectivity index (χ2n) is 6.06. The molecule has 6 heteroatoms. The van der Waals surface area contributed by atoms with Gasteiger partial charge >= 0.3 is 0 Å². The Morgan fingerprint density at radius 2 is 2.25 bits per heavy atom. The quantitative estimate of drug-likeness (QED) is 0.909. The highest BCUT2D eigenvalue weighted by molar-refractivity contribution is 5.99. The molecule has 0 saturated carbocycles. The smallest absolute Gasteiger partial charge is 0.253 e. The molecule has 1 fully saturated rings. The van der Waals surface area contributed by atoms with Gasteiger partial charge in [0.2, 0.25) is 5.91 Å². The molecule has 2 heterocycles. The molecule has 1 aromatic rings. The van der Waals surface area contributed by atoms with Gasteiger partial charge < -0.3 is 20.1 Å². The van der Waals surface area contributed by atoms with Crippen LogP contribution < -0.4 is 15.2 Å². The Morgan fingerprint density at radius 1 is 1.42 bits per heavy atom. The average Bonchev–Trinajstić information content (AvgIpc) is 2.61. The van der Waals surface area contributed by atoms with Crippen LogP contribution in [0, 0.1) is 5.92 Å². The molecule has 3 rings (SSSR count). The zero-order valence-corrected chi connectivity index (χ0v) is 13.8. The lowest BCUT2D eigenvalue weighted by Crippen LogP contribution is -2.45. The lowest BCUT2D eigenvalue weighted by molar-refractivity contribution is -0.131. The summed E-state index contributed by atoms with van der Waals surface area (Å²) < 4.78 is 11.3. The van der Waals surface area contributed by atoms with E-state index in [-0.39, 0.29) is 24.3 Å². The van der Waals surface area contributed by atoms with Crippen LogP contribution in [0.4, 0.5) is 0 Å². The summed E-state index contributed by atoms with van der Waals surface area (Å²) in [6, 6.07) is 5.62. The number of nitrogens with zero attached hydrogens (tertiary/aromatic N) is 1. The van der Waals surface area contributed by atoms with Gasteiger partial charge in [0.15, 0.2) is 11.5 Å². The van der Waals surface area contributed by atoms with E-state index in [2.05, 4.69) is 0 Å². The maximum absolute atomic E-state index is 12.7. The van der Waals surface area contributed by atoms with Gasteiger partial charge in [-0.1, -0.05) is 12.1 Å². The molecule has 0 bridgehead atoms. The second-order valence-corrected chi connectivity index (χ2v) is 6.06. The van der Waals surface area contributed by atoms with Crippen molar-refractivity contribution >= 4 is 17.9 Å². The van der Waals surface area contributed by atoms with Crippen molar-refractivity contribution in [1.29, 1.82) is 0 Å². The third-order valence-electron chi connectivity index (χ3n) is 4.40. The van der Waals surface area contributed by atoms with E-state index in [0.717, 1.165) is 18.4 Å². The molecule has 2 aliphatic rings. The van der Waals surface area contributed by atoms with Crippen LogP contribution in [0.2, 0.25) is 0 Å². The highest BCUT2D eigenvalue weighted by atomic mass is 16.5. The summed E-state index contributed by atoms with van der Waals surface area (Å²) in [5, 5.41) is 0. The van der Waals surface area contributed by atoms with E-state index >= 15 is 0 Å². The standard InChI is InChI=1S/C18H22N2O4/c1-2-23-15-7-3-5-12-9-14(11-24-16(12)15)18(22)20-8-4-6-13(10-20)17(19)21/h3,5,7,9,13H,2,4,6,8,10-11H2,1H3,(H2,19,21)/t13-/m1/s1. The van der Waals surface area contributed by atoms with Crippen LogP contribution in [-0.2, 0) is 9.59 Å². The molecule has 1 atom stereocenters. The number of primary amides is 1. The van der Waals surface area contributed by atoms with Crippen molar-refractivity contribution in [3.05, 3.63) is 29.3 Å². The van der Waals surface area contributed by atoms with Crippen LogP contribution in [0.15, 0.2) is 23.8 Å². The van der Waals surface area contributed by atoms with Gasteiger partial charge in [-0.15, -0.1) is 0 Å². The minimum Gasteiger partial charge on any atom is -0.490 e. The third-order valence-corrected chi connectivity index (χ3v) is 4.40. The maximum Gasteiger partial charge on any atom is 0.253 e. The van der Waals surface area contributed by atoms with Gasteiger partial charge in [-0.3, -0.25) is 9.59 Å². The first-order valence-electron chi connectivity index (χ1n) is 8.28. The lowest BCUT2D eigenvalue weighted by Gasteiger charge is -2.32. The molecule has 128 valence electrons. The molecule has 0 aromatic heterocycles. The number of carbonyl (C=O) groups is 2. The second kappa shape index (κ2) is 6.95. The van der Waals surface area contributed by atoms with Crippen molar-refractivity contribution in [3.63, 3.8) is 0 Å². The fourth-order valence-corrected chi connectivity index (χ4v) is 3.17. The normalized spacial score (nSPS) is 19.8. The van der Waals surface area contributed by atoms with Gasteiger partial charge in [0.25, 0.3) is 5.91 Å². The molecular weight excluding hydrogens is 308 g/mol. The van der Waals surface area contributed by atoms with E-state index in [4.69, 9.17) is 15.2 Å². The zero-order chi connectivity index (χ0) is 17.1. The van der Waals surface area contributed by atoms with E-state index in [1.165, 1.54) is 0 Å². The Balaban J connectivity index is 1.79. The Morgan fingerprint density at radius 3 is 3.00 bits per heavy atom. The molecule has 0 spiro atoms. The van der Waals surface area contributed by atoms with Crippen molar-refractivity contribution < 1.29 is 19.1 Å². The molecular formula is C18H22N2O4. The summed E-state index contributed by atoms with van der Waals surface area (Å²) in [5.41, 5.74) is 6.80. The zero-order valence-electron chi connectivity index (χ0n) is 13.8. The SMILES string of the molecule is CCOc1cccc2c1OCC(C(=O)N1CCC[C@@H](C(N)=O)C1)=C2. The molecule has 24 heavy (non-hydrogen) atoms. The number of hydrogen-bond acceptors (Lipinski definition) is 4. The number of ether oxygens (including phenoxy) is 2. The first-order chi connectivity index (χ1) is 11.6. The number of amides is 2. The van der Waals surface area contributed by atoms with E-state index in [9.17, 15) is 9.59 Å². The average molecular weight is 330 g/mol. The van der Waals surface area contributed by atoms with Crippen molar-refractivity contribution in [2.24, 2.45) is 11.7 Å². The summed E-state index contributed by atoms with van der Waals surface area (Å²) in [4.78, 5) is 25.8. The maximum atomic E-state index is 12.7. The van der Waals surface area contributed by atoms with E-state index in [1.54, 1.807) is 4.90 Å². The van der Waals surface area contributed by atoms with Gasteiger partial charge in [-0.05, 0) is 31.9 Å². The van der Waals surface area contributed by atoms with Crippen LogP contribution in [0.25, 0.3) is 6.08 Å². The number of fused-ring (bicyclic) bond motifs is 1. The fraction of sp³-hybridized carbons (Fsp3) is 0.444. The molecule has 2 aliphatic heterocycles. The van der Waals surface area contributed by atoms with E-state index < -0.39 is 0 Å². The highest BCUT2D eigenvalue weighted by Gasteiger charge is 2.30. The minimum atomic E-state index is -0.340. The van der Waals surface area contributed by atoms with Crippen molar-refractivity contribution in [3.8, 4) is 11.5 Å². The Labute approximate surface area is 141 Å². The van der Waals surface area contributed by atoms with E-state index in [0.29, 0.717) is 36.8 Å². The number of rotatable bonds is 4. The Hall–Kier alpha value is -2.50. The number of likely N-dealkylation sites (tertiary alicyclic amines) is 1. The molecule has 1 aromatic carbocycles. The van der Waals surface area contributed by atoms with Gasteiger partial charge in [0, 0.05) is 18.7 Å². The molecule has 0 unspecified atom stereocenters. The summed E-state index contributed by atoms with van der Waals surface area (Å²) in [6.45, 7) is 3.70. The molecule has 6 nitrogen and oxygen atoms in total. The van der Waals surface area contributed by atoms with Crippen molar-refractivity contribution in [1.82, 2.24) is 4.90 Å². The summed E-state index contributed by atoms with van der Waals surface area (Å²) in [5.74, 6) is 0.667. The monoisotopic (exact) mass is 330 g/mol. The molecule has 0 aliphatic carbocycles. The Bertz CT molecular complexity index is 684. The first-order valence-corrected chi connectivity index (χ1v) is 8.28. The van der Waals surface area contributed by atoms with Crippen LogP contribution >= 0.6 is 0 Å². The number of piperidine rings is 1. The number of nitrogens with two attached hydrogens (primary N) is 1. The first kappa shape index (κ1) is 16.4. The topological polar surface area (TPSA) is 81.9 Å². The van der Waals surface area contributed by atoms with Crippen LogP contribution in [0.5, 0.6) is 11.5 Å². The molecule has 1 saturated heterocycles. The Kier molecular flexibility index (Phi) is 4.74. The van der Waals surface area contributed by atoms with E-state index in [1.807, 2.05) is 31.2 Å². The number of carbonyl (C=O) groups excluding carboxylic acids is 2. The van der Waals surface area contributed by atoms with Gasteiger partial charge in [0.05, 0.1) is 18.1 Å². The molecule has 0 radical (unpaired) electrons. The predicted molar refractivity (Wildman–Crippen MR) is 89.6 cm³/mol. The fourth-order valence-electron chi connectivity index (χ4n) is 3.17. The van der Waals surface area contributed by atoms with Crippen LogP contribution in [0.1, 0.15) is 25.3 Å². The van der Waals surface area contributed by atoms with Crippen LogP contribution in [-0.4, -0.2) is 43.0 Å². The predicted octanol–water partition coefficient (Wildman–Crippen LogP) is 1.58. The number of para-hydroxylation sites is 1. The molecule has 2 amide bonds. The van der Waals surface area contributed by atoms with Crippen LogP contribution in [0.3, 0.4) is 0 Å². The lowest BCUT2D eigenvalue weighted by atomic mass is 9.96. The molecule has 2 N–H and O–H groups in total.